The monoisotopic (exact) mass is 304 g/mol. The molecule has 0 spiro atoms. The molecule has 5 nitrogen and oxygen atoms in total. The van der Waals surface area contributed by atoms with E-state index < -0.39 is 0 Å². The van der Waals surface area contributed by atoms with E-state index >= 15 is 0 Å². The summed E-state index contributed by atoms with van der Waals surface area (Å²) in [4.78, 5) is 36.1. The first kappa shape index (κ1) is 15.2. The van der Waals surface area contributed by atoms with Crippen LogP contribution in [0.2, 0.25) is 0 Å². The third-order valence-corrected chi connectivity index (χ3v) is 3.94. The predicted molar refractivity (Wildman–Crippen MR) is 81.9 cm³/mol. The fourth-order valence-corrected chi connectivity index (χ4v) is 2.54. The SMILES string of the molecule is C[C@H](CC(=O)c1cccs1)NC(=O)c1ccn(C)c(=O)c1. The lowest BCUT2D eigenvalue weighted by molar-refractivity contribution is 0.0919. The van der Waals surface area contributed by atoms with Crippen LogP contribution in [-0.2, 0) is 7.05 Å². The molecule has 0 bridgehead atoms. The van der Waals surface area contributed by atoms with E-state index in [4.69, 9.17) is 0 Å². The summed E-state index contributed by atoms with van der Waals surface area (Å²) in [7, 11) is 1.62. The van der Waals surface area contributed by atoms with Gasteiger partial charge in [-0.3, -0.25) is 14.4 Å². The van der Waals surface area contributed by atoms with Crippen LogP contribution in [0.3, 0.4) is 0 Å². The number of nitrogens with zero attached hydrogens (tertiary/aromatic N) is 1. The lowest BCUT2D eigenvalue weighted by Gasteiger charge is -2.12. The minimum atomic E-state index is -0.348. The van der Waals surface area contributed by atoms with E-state index in [-0.39, 0.29) is 29.7 Å². The Morgan fingerprint density at radius 3 is 2.76 bits per heavy atom. The Bertz CT molecular complexity index is 704. The summed E-state index contributed by atoms with van der Waals surface area (Å²) in [5, 5.41) is 4.58. The molecule has 1 N–H and O–H groups in total. The number of rotatable bonds is 5. The van der Waals surface area contributed by atoms with Gasteiger partial charge in [-0.1, -0.05) is 6.07 Å². The number of aryl methyl sites for hydroxylation is 1. The van der Waals surface area contributed by atoms with Crippen molar-refractivity contribution in [3.8, 4) is 0 Å². The van der Waals surface area contributed by atoms with Gasteiger partial charge >= 0.3 is 0 Å². The standard InChI is InChI=1S/C15H16N2O3S/c1-10(8-12(18)13-4-3-7-21-13)16-15(20)11-5-6-17(2)14(19)9-11/h3-7,9-10H,8H2,1-2H3,(H,16,20)/t10-/m1/s1. The smallest absolute Gasteiger partial charge is 0.251 e. The van der Waals surface area contributed by atoms with Crippen molar-refractivity contribution in [3.63, 3.8) is 0 Å². The average Bonchev–Trinajstić information content (AvgIpc) is 2.95. The van der Waals surface area contributed by atoms with E-state index in [9.17, 15) is 14.4 Å². The van der Waals surface area contributed by atoms with Gasteiger partial charge in [-0.2, -0.15) is 0 Å². The summed E-state index contributed by atoms with van der Waals surface area (Å²) in [6.07, 6.45) is 1.77. The summed E-state index contributed by atoms with van der Waals surface area (Å²) < 4.78 is 1.39. The van der Waals surface area contributed by atoms with Crippen molar-refractivity contribution in [3.05, 3.63) is 56.6 Å². The Hall–Kier alpha value is -2.21. The molecule has 110 valence electrons. The number of carbonyl (C=O) groups is 2. The first-order valence-electron chi connectivity index (χ1n) is 6.51. The third kappa shape index (κ3) is 3.88. The summed E-state index contributed by atoms with van der Waals surface area (Å²) in [6.45, 7) is 1.77. The van der Waals surface area contributed by atoms with Gasteiger partial charge in [0.2, 0.25) is 0 Å². The molecule has 1 amide bonds. The number of hydrogen-bond donors (Lipinski definition) is 1. The van der Waals surface area contributed by atoms with Crippen LogP contribution in [0.25, 0.3) is 0 Å². The third-order valence-electron chi connectivity index (χ3n) is 3.03. The van der Waals surface area contributed by atoms with Crippen LogP contribution in [0.1, 0.15) is 33.4 Å². The Morgan fingerprint density at radius 1 is 1.38 bits per heavy atom. The Labute approximate surface area is 126 Å². The van der Waals surface area contributed by atoms with E-state index in [2.05, 4.69) is 5.32 Å². The van der Waals surface area contributed by atoms with Gasteiger partial charge in [0.1, 0.15) is 0 Å². The van der Waals surface area contributed by atoms with Crippen LogP contribution in [0.15, 0.2) is 40.6 Å². The number of thiophene rings is 1. The molecular weight excluding hydrogens is 288 g/mol. The highest BCUT2D eigenvalue weighted by Gasteiger charge is 2.15. The average molecular weight is 304 g/mol. The lowest BCUT2D eigenvalue weighted by atomic mass is 10.1. The molecule has 0 fully saturated rings. The van der Waals surface area contributed by atoms with Gasteiger partial charge in [-0.15, -0.1) is 11.3 Å². The van der Waals surface area contributed by atoms with Crippen molar-refractivity contribution in [1.82, 2.24) is 9.88 Å². The zero-order chi connectivity index (χ0) is 15.4. The molecule has 0 saturated carbocycles. The first-order valence-corrected chi connectivity index (χ1v) is 7.39. The second kappa shape index (κ2) is 6.49. The highest BCUT2D eigenvalue weighted by atomic mass is 32.1. The van der Waals surface area contributed by atoms with Gasteiger partial charge in [0.05, 0.1) is 4.88 Å². The molecule has 0 unspecified atom stereocenters. The van der Waals surface area contributed by atoms with Gasteiger partial charge in [0.15, 0.2) is 5.78 Å². The van der Waals surface area contributed by atoms with Crippen molar-refractivity contribution in [2.45, 2.75) is 19.4 Å². The van der Waals surface area contributed by atoms with Gasteiger partial charge in [0, 0.05) is 37.3 Å². The van der Waals surface area contributed by atoms with E-state index in [0.717, 1.165) is 0 Å². The highest BCUT2D eigenvalue weighted by Crippen LogP contribution is 2.12. The molecule has 0 aliphatic heterocycles. The van der Waals surface area contributed by atoms with Crippen LogP contribution in [0.4, 0.5) is 0 Å². The zero-order valence-electron chi connectivity index (χ0n) is 11.8. The minimum absolute atomic E-state index is 0.00164. The largest absolute Gasteiger partial charge is 0.349 e. The van der Waals surface area contributed by atoms with E-state index in [0.29, 0.717) is 10.4 Å². The molecule has 2 aromatic rings. The molecule has 1 atom stereocenters. The molecule has 2 aromatic heterocycles. The predicted octanol–water partition coefficient (Wildman–Crippen LogP) is 1.84. The van der Waals surface area contributed by atoms with Crippen LogP contribution in [0, 0.1) is 0 Å². The maximum atomic E-state index is 12.0. The maximum Gasteiger partial charge on any atom is 0.251 e. The minimum Gasteiger partial charge on any atom is -0.349 e. The maximum absolute atomic E-state index is 12.0. The molecule has 21 heavy (non-hydrogen) atoms. The van der Waals surface area contributed by atoms with E-state index in [1.165, 1.54) is 22.0 Å². The van der Waals surface area contributed by atoms with Crippen molar-refractivity contribution in [2.75, 3.05) is 0 Å². The molecule has 0 saturated heterocycles. The number of carbonyl (C=O) groups excluding carboxylic acids is 2. The molecule has 0 aromatic carbocycles. The second-order valence-electron chi connectivity index (χ2n) is 4.84. The van der Waals surface area contributed by atoms with Crippen molar-refractivity contribution in [2.24, 2.45) is 7.05 Å². The lowest BCUT2D eigenvalue weighted by Crippen LogP contribution is -2.35. The molecule has 0 radical (unpaired) electrons. The number of pyridine rings is 1. The van der Waals surface area contributed by atoms with Crippen LogP contribution < -0.4 is 10.9 Å². The summed E-state index contributed by atoms with van der Waals surface area (Å²) >= 11 is 1.39. The summed E-state index contributed by atoms with van der Waals surface area (Å²) in [5.41, 5.74) is 0.0542. The molecule has 6 heteroatoms. The Kier molecular flexibility index (Phi) is 4.70. The number of amides is 1. The van der Waals surface area contributed by atoms with Crippen LogP contribution in [-0.4, -0.2) is 22.3 Å². The Balaban J connectivity index is 1.97. The first-order chi connectivity index (χ1) is 9.97. The number of ketones is 1. The Morgan fingerprint density at radius 2 is 2.14 bits per heavy atom. The number of nitrogens with one attached hydrogen (secondary N) is 1. The fourth-order valence-electron chi connectivity index (χ4n) is 1.86. The van der Waals surface area contributed by atoms with Crippen molar-refractivity contribution < 1.29 is 9.59 Å². The van der Waals surface area contributed by atoms with Crippen molar-refractivity contribution in [1.29, 1.82) is 0 Å². The highest BCUT2D eigenvalue weighted by molar-refractivity contribution is 7.12. The normalized spacial score (nSPS) is 11.9. The summed E-state index contributed by atoms with van der Waals surface area (Å²) in [5.74, 6) is -0.346. The molecule has 0 aliphatic rings. The fraction of sp³-hybridized carbons (Fsp3) is 0.267. The van der Waals surface area contributed by atoms with E-state index in [1.807, 2.05) is 11.4 Å². The van der Waals surface area contributed by atoms with E-state index in [1.54, 1.807) is 32.3 Å². The topological polar surface area (TPSA) is 68.2 Å². The van der Waals surface area contributed by atoms with Gasteiger partial charge in [-0.05, 0) is 24.4 Å². The molecule has 2 heterocycles. The van der Waals surface area contributed by atoms with Gasteiger partial charge in [-0.25, -0.2) is 0 Å². The summed E-state index contributed by atoms with van der Waals surface area (Å²) in [6, 6.07) is 6.15. The quantitative estimate of drug-likeness (QED) is 0.857. The number of Topliss-reactive ketones (excluding diaryl/α,β-unsaturated/α-hetero) is 1. The van der Waals surface area contributed by atoms with Crippen LogP contribution in [0.5, 0.6) is 0 Å². The van der Waals surface area contributed by atoms with Gasteiger partial charge in [0.25, 0.3) is 11.5 Å². The second-order valence-corrected chi connectivity index (χ2v) is 5.79. The molecule has 0 aliphatic carbocycles. The van der Waals surface area contributed by atoms with Crippen LogP contribution >= 0.6 is 11.3 Å². The number of aromatic nitrogens is 1. The number of hydrogen-bond acceptors (Lipinski definition) is 4. The molecular formula is C15H16N2O3S. The van der Waals surface area contributed by atoms with Gasteiger partial charge < -0.3 is 9.88 Å². The zero-order valence-corrected chi connectivity index (χ0v) is 12.6. The molecule has 2 rings (SSSR count). The van der Waals surface area contributed by atoms with Crippen molar-refractivity contribution >= 4 is 23.0 Å².